The quantitative estimate of drug-likeness (QED) is 0.666. The molecule has 1 rings (SSSR count). The molecule has 0 saturated carbocycles. The molecule has 1 aliphatic rings. The molecule has 1 unspecified atom stereocenters. The zero-order valence-corrected chi connectivity index (χ0v) is 7.62. The van der Waals surface area contributed by atoms with Gasteiger partial charge in [-0.2, -0.15) is 0 Å². The van der Waals surface area contributed by atoms with E-state index in [9.17, 15) is 9.90 Å². The summed E-state index contributed by atoms with van der Waals surface area (Å²) in [6, 6.07) is 0. The van der Waals surface area contributed by atoms with Crippen LogP contribution in [-0.4, -0.2) is 41.5 Å². The number of likely N-dealkylation sites (tertiary alicyclic amines) is 1. The average Bonchev–Trinajstić information content (AvgIpc) is 2.35. The molecule has 1 N–H and O–H groups in total. The molecule has 0 bridgehead atoms. The van der Waals surface area contributed by atoms with Crippen molar-refractivity contribution >= 4 is 5.78 Å². The van der Waals surface area contributed by atoms with Crippen LogP contribution in [0.25, 0.3) is 0 Å². The Kier molecular flexibility index (Phi) is 3.69. The van der Waals surface area contributed by atoms with E-state index < -0.39 is 0 Å². The molecular formula is C9H17NO2. The summed E-state index contributed by atoms with van der Waals surface area (Å²) in [6.45, 7) is 4.35. The zero-order valence-electron chi connectivity index (χ0n) is 7.62. The number of hydrogen-bond donors (Lipinski definition) is 1. The van der Waals surface area contributed by atoms with Gasteiger partial charge in [0, 0.05) is 19.5 Å². The Morgan fingerprint density at radius 1 is 1.67 bits per heavy atom. The number of ketones is 1. The maximum atomic E-state index is 10.6. The molecule has 0 amide bonds. The van der Waals surface area contributed by atoms with Gasteiger partial charge in [-0.1, -0.05) is 0 Å². The summed E-state index contributed by atoms with van der Waals surface area (Å²) < 4.78 is 0. The highest BCUT2D eigenvalue weighted by Crippen LogP contribution is 2.09. The van der Waals surface area contributed by atoms with Crippen molar-refractivity contribution in [2.75, 3.05) is 19.6 Å². The van der Waals surface area contributed by atoms with Crippen LogP contribution in [0.1, 0.15) is 26.2 Å². The van der Waals surface area contributed by atoms with Crippen molar-refractivity contribution in [1.82, 2.24) is 4.90 Å². The Balaban J connectivity index is 2.04. The molecule has 0 aromatic rings. The number of carbonyl (C=O) groups excluding carboxylic acids is 1. The first-order chi connectivity index (χ1) is 5.68. The number of rotatable bonds is 4. The third kappa shape index (κ3) is 3.32. The molecule has 0 radical (unpaired) electrons. The van der Waals surface area contributed by atoms with Crippen molar-refractivity contribution < 1.29 is 9.90 Å². The summed E-state index contributed by atoms with van der Waals surface area (Å²) in [5, 5.41) is 9.20. The summed E-state index contributed by atoms with van der Waals surface area (Å²) >= 11 is 0. The minimum Gasteiger partial charge on any atom is -0.392 e. The SMILES string of the molecule is CC(=O)CCCN1CCC(O)C1. The second-order valence-electron chi connectivity index (χ2n) is 3.55. The van der Waals surface area contributed by atoms with Gasteiger partial charge in [0.2, 0.25) is 0 Å². The lowest BCUT2D eigenvalue weighted by molar-refractivity contribution is -0.117. The molecule has 1 aliphatic heterocycles. The fourth-order valence-electron chi connectivity index (χ4n) is 1.57. The number of aliphatic hydroxyl groups excluding tert-OH is 1. The second kappa shape index (κ2) is 4.58. The average molecular weight is 171 g/mol. The maximum Gasteiger partial charge on any atom is 0.129 e. The van der Waals surface area contributed by atoms with Crippen LogP contribution in [0.4, 0.5) is 0 Å². The molecule has 70 valence electrons. The van der Waals surface area contributed by atoms with Gasteiger partial charge in [-0.15, -0.1) is 0 Å². The van der Waals surface area contributed by atoms with Crippen molar-refractivity contribution in [3.05, 3.63) is 0 Å². The van der Waals surface area contributed by atoms with Crippen LogP contribution in [0.15, 0.2) is 0 Å². The molecule has 0 aromatic carbocycles. The van der Waals surface area contributed by atoms with Crippen molar-refractivity contribution in [1.29, 1.82) is 0 Å². The van der Waals surface area contributed by atoms with Crippen LogP contribution in [0.5, 0.6) is 0 Å². The van der Waals surface area contributed by atoms with Crippen LogP contribution in [-0.2, 0) is 4.79 Å². The van der Waals surface area contributed by atoms with E-state index in [0.29, 0.717) is 6.42 Å². The Bertz CT molecular complexity index is 159. The van der Waals surface area contributed by atoms with Gasteiger partial charge in [0.1, 0.15) is 5.78 Å². The van der Waals surface area contributed by atoms with Gasteiger partial charge < -0.3 is 14.8 Å². The molecule has 3 heteroatoms. The molecule has 0 aromatic heterocycles. The second-order valence-corrected chi connectivity index (χ2v) is 3.55. The van der Waals surface area contributed by atoms with E-state index in [-0.39, 0.29) is 11.9 Å². The minimum atomic E-state index is -0.137. The van der Waals surface area contributed by atoms with Gasteiger partial charge in [0.25, 0.3) is 0 Å². The van der Waals surface area contributed by atoms with E-state index in [1.54, 1.807) is 6.92 Å². The first kappa shape index (κ1) is 9.68. The summed E-state index contributed by atoms with van der Waals surface area (Å²) in [7, 11) is 0. The lowest BCUT2D eigenvalue weighted by Gasteiger charge is -2.13. The predicted octanol–water partition coefficient (Wildman–Crippen LogP) is 0.422. The number of Topliss-reactive ketones (excluding diaryl/α,β-unsaturated/α-hetero) is 1. The highest BCUT2D eigenvalue weighted by atomic mass is 16.3. The molecule has 1 fully saturated rings. The van der Waals surface area contributed by atoms with E-state index >= 15 is 0 Å². The number of nitrogens with zero attached hydrogens (tertiary/aromatic N) is 1. The maximum absolute atomic E-state index is 10.6. The van der Waals surface area contributed by atoms with Crippen LogP contribution >= 0.6 is 0 Å². The topological polar surface area (TPSA) is 40.5 Å². The molecular weight excluding hydrogens is 154 g/mol. The van der Waals surface area contributed by atoms with E-state index in [1.807, 2.05) is 0 Å². The standard InChI is InChI=1S/C9H17NO2/c1-8(11)3-2-5-10-6-4-9(12)7-10/h9,12H,2-7H2,1H3. The smallest absolute Gasteiger partial charge is 0.129 e. The molecule has 0 spiro atoms. The van der Waals surface area contributed by atoms with Crippen molar-refractivity contribution in [3.63, 3.8) is 0 Å². The summed E-state index contributed by atoms with van der Waals surface area (Å²) in [4.78, 5) is 12.8. The first-order valence-corrected chi connectivity index (χ1v) is 4.58. The highest BCUT2D eigenvalue weighted by molar-refractivity contribution is 5.75. The summed E-state index contributed by atoms with van der Waals surface area (Å²) in [5.74, 6) is 0.259. The Hall–Kier alpha value is -0.410. The van der Waals surface area contributed by atoms with E-state index in [1.165, 1.54) is 0 Å². The van der Waals surface area contributed by atoms with Gasteiger partial charge in [-0.3, -0.25) is 0 Å². The fourth-order valence-corrected chi connectivity index (χ4v) is 1.57. The Morgan fingerprint density at radius 2 is 2.42 bits per heavy atom. The molecule has 1 heterocycles. The van der Waals surface area contributed by atoms with E-state index in [0.717, 1.165) is 32.5 Å². The zero-order chi connectivity index (χ0) is 8.97. The monoisotopic (exact) mass is 171 g/mol. The van der Waals surface area contributed by atoms with Gasteiger partial charge in [-0.05, 0) is 26.3 Å². The van der Waals surface area contributed by atoms with Gasteiger partial charge in [0.05, 0.1) is 6.10 Å². The van der Waals surface area contributed by atoms with Crippen LogP contribution in [0.2, 0.25) is 0 Å². The molecule has 0 aliphatic carbocycles. The summed E-state index contributed by atoms with van der Waals surface area (Å²) in [5.41, 5.74) is 0. The number of aliphatic hydroxyl groups is 1. The lowest BCUT2D eigenvalue weighted by atomic mass is 10.2. The van der Waals surface area contributed by atoms with Crippen molar-refractivity contribution in [3.8, 4) is 0 Å². The molecule has 1 atom stereocenters. The number of β-amino-alcohol motifs (C(OH)–C–C–N with tert-alkyl or cyclic N) is 1. The lowest BCUT2D eigenvalue weighted by Crippen LogP contribution is -2.23. The van der Waals surface area contributed by atoms with Crippen LogP contribution in [0, 0.1) is 0 Å². The molecule has 1 saturated heterocycles. The first-order valence-electron chi connectivity index (χ1n) is 4.58. The third-order valence-electron chi connectivity index (χ3n) is 2.25. The van der Waals surface area contributed by atoms with Gasteiger partial charge in [0.15, 0.2) is 0 Å². The fraction of sp³-hybridized carbons (Fsp3) is 0.889. The van der Waals surface area contributed by atoms with Crippen molar-refractivity contribution in [2.24, 2.45) is 0 Å². The van der Waals surface area contributed by atoms with Gasteiger partial charge >= 0.3 is 0 Å². The number of hydrogen-bond acceptors (Lipinski definition) is 3. The van der Waals surface area contributed by atoms with E-state index in [4.69, 9.17) is 0 Å². The Labute approximate surface area is 73.4 Å². The minimum absolute atomic E-state index is 0.137. The van der Waals surface area contributed by atoms with Crippen molar-refractivity contribution in [2.45, 2.75) is 32.3 Å². The Morgan fingerprint density at radius 3 is 2.92 bits per heavy atom. The summed E-state index contributed by atoms with van der Waals surface area (Å²) in [6.07, 6.45) is 2.36. The van der Waals surface area contributed by atoms with E-state index in [2.05, 4.69) is 4.90 Å². The molecule has 3 nitrogen and oxygen atoms in total. The van der Waals surface area contributed by atoms with Crippen LogP contribution < -0.4 is 0 Å². The number of carbonyl (C=O) groups is 1. The normalized spacial score (nSPS) is 24.7. The largest absolute Gasteiger partial charge is 0.392 e. The highest BCUT2D eigenvalue weighted by Gasteiger charge is 2.18. The van der Waals surface area contributed by atoms with Gasteiger partial charge in [-0.25, -0.2) is 0 Å². The third-order valence-corrected chi connectivity index (χ3v) is 2.25. The molecule has 12 heavy (non-hydrogen) atoms. The van der Waals surface area contributed by atoms with Crippen LogP contribution in [0.3, 0.4) is 0 Å². The predicted molar refractivity (Wildman–Crippen MR) is 47.0 cm³/mol.